The van der Waals surface area contributed by atoms with Crippen molar-refractivity contribution in [3.8, 4) is 11.5 Å². The molecule has 1 aliphatic carbocycles. The first-order chi connectivity index (χ1) is 8.13. The third-order valence-corrected chi connectivity index (χ3v) is 2.75. The van der Waals surface area contributed by atoms with Gasteiger partial charge in [0.2, 0.25) is 0 Å². The molecule has 1 aliphatic rings. The normalized spacial score (nSPS) is 23.3. The molecule has 0 bridgehead atoms. The first kappa shape index (κ1) is 12.1. The van der Waals surface area contributed by atoms with E-state index in [9.17, 15) is 8.78 Å². The Morgan fingerprint density at radius 1 is 1.18 bits per heavy atom. The summed E-state index contributed by atoms with van der Waals surface area (Å²) in [7, 11) is 0. The summed E-state index contributed by atoms with van der Waals surface area (Å²) in [6.07, 6.45) is 1.35. The van der Waals surface area contributed by atoms with Gasteiger partial charge >= 0.3 is 6.61 Å². The summed E-state index contributed by atoms with van der Waals surface area (Å²) in [6.45, 7) is -2.26. The molecule has 0 aliphatic heterocycles. The second-order valence-electron chi connectivity index (χ2n) is 4.15. The van der Waals surface area contributed by atoms with Crippen molar-refractivity contribution in [2.45, 2.75) is 25.6 Å². The molecule has 1 aromatic carbocycles. The van der Waals surface area contributed by atoms with Gasteiger partial charge in [0, 0.05) is 0 Å². The molecular weight excluding hydrogens is 230 g/mol. The van der Waals surface area contributed by atoms with Gasteiger partial charge in [0.25, 0.3) is 0 Å². The molecule has 1 fully saturated rings. The van der Waals surface area contributed by atoms with Crippen molar-refractivity contribution in [2.75, 3.05) is 6.61 Å². The molecule has 1 saturated carbocycles. The first-order valence-corrected chi connectivity index (χ1v) is 5.49. The minimum atomic E-state index is -2.81. The summed E-state index contributed by atoms with van der Waals surface area (Å²) in [4.78, 5) is 0. The topological polar surface area (TPSA) is 38.7 Å². The van der Waals surface area contributed by atoms with E-state index in [1.165, 1.54) is 12.1 Å². The highest BCUT2D eigenvalue weighted by atomic mass is 19.3. The van der Waals surface area contributed by atoms with Gasteiger partial charge in [-0.2, -0.15) is 8.78 Å². The molecule has 0 saturated heterocycles. The van der Waals surface area contributed by atoms with E-state index in [0.717, 1.165) is 12.8 Å². The largest absolute Gasteiger partial charge is 0.493 e. The Morgan fingerprint density at radius 2 is 1.76 bits per heavy atom. The van der Waals surface area contributed by atoms with Crippen LogP contribution < -0.4 is 9.47 Å². The summed E-state index contributed by atoms with van der Waals surface area (Å²) >= 11 is 0. The van der Waals surface area contributed by atoms with Crippen LogP contribution >= 0.6 is 0 Å². The Balaban J connectivity index is 1.77. The number of aliphatic hydroxyl groups is 1. The van der Waals surface area contributed by atoms with Crippen molar-refractivity contribution < 1.29 is 23.4 Å². The number of rotatable bonds is 5. The van der Waals surface area contributed by atoms with Crippen LogP contribution in [0.2, 0.25) is 0 Å². The average Bonchev–Trinajstić information content (AvgIpc) is 2.24. The van der Waals surface area contributed by atoms with E-state index in [-0.39, 0.29) is 11.9 Å². The fourth-order valence-electron chi connectivity index (χ4n) is 1.77. The molecule has 0 aromatic heterocycles. The monoisotopic (exact) mass is 244 g/mol. The molecule has 0 amide bonds. The van der Waals surface area contributed by atoms with Crippen LogP contribution in [0.1, 0.15) is 12.8 Å². The summed E-state index contributed by atoms with van der Waals surface area (Å²) in [5.74, 6) is 1.13. The van der Waals surface area contributed by atoms with Crippen LogP contribution in [-0.2, 0) is 0 Å². The molecule has 0 unspecified atom stereocenters. The maximum absolute atomic E-state index is 11.9. The minimum absolute atomic E-state index is 0.117. The third kappa shape index (κ3) is 3.56. The van der Waals surface area contributed by atoms with Crippen molar-refractivity contribution in [3.63, 3.8) is 0 Å². The van der Waals surface area contributed by atoms with Gasteiger partial charge in [0.1, 0.15) is 11.5 Å². The van der Waals surface area contributed by atoms with Crippen LogP contribution in [0.15, 0.2) is 24.3 Å². The van der Waals surface area contributed by atoms with E-state index >= 15 is 0 Å². The lowest BCUT2D eigenvalue weighted by Gasteiger charge is -2.30. The molecule has 1 aromatic rings. The molecule has 0 atom stereocenters. The van der Waals surface area contributed by atoms with Crippen LogP contribution in [0.4, 0.5) is 8.78 Å². The molecule has 94 valence electrons. The van der Waals surface area contributed by atoms with Crippen LogP contribution in [0.5, 0.6) is 11.5 Å². The van der Waals surface area contributed by atoms with Crippen LogP contribution in [0.25, 0.3) is 0 Å². The first-order valence-electron chi connectivity index (χ1n) is 5.49. The summed E-state index contributed by atoms with van der Waals surface area (Å²) in [6, 6.07) is 6.06. The number of ether oxygens (including phenoxy) is 2. The fraction of sp³-hybridized carbons (Fsp3) is 0.500. The van der Waals surface area contributed by atoms with E-state index in [1.807, 2.05) is 0 Å². The van der Waals surface area contributed by atoms with Crippen molar-refractivity contribution in [1.82, 2.24) is 0 Å². The van der Waals surface area contributed by atoms with E-state index in [2.05, 4.69) is 4.74 Å². The van der Waals surface area contributed by atoms with Gasteiger partial charge in [-0.05, 0) is 43.0 Å². The summed E-state index contributed by atoms with van der Waals surface area (Å²) < 4.78 is 33.5. The standard InChI is InChI=1S/C12H14F2O3/c13-12(14)17-11-3-1-10(2-4-11)16-7-8-5-9(15)6-8/h1-4,8-9,12,15H,5-7H2. The zero-order chi connectivity index (χ0) is 12.3. The molecule has 5 heteroatoms. The quantitative estimate of drug-likeness (QED) is 0.864. The van der Waals surface area contributed by atoms with Gasteiger partial charge in [-0.25, -0.2) is 0 Å². The van der Waals surface area contributed by atoms with Crippen LogP contribution in [-0.4, -0.2) is 24.4 Å². The lowest BCUT2D eigenvalue weighted by molar-refractivity contribution is -0.0498. The van der Waals surface area contributed by atoms with Crippen molar-refractivity contribution >= 4 is 0 Å². The molecule has 1 N–H and O–H groups in total. The number of alkyl halides is 2. The maximum atomic E-state index is 11.9. The SMILES string of the molecule is OC1CC(COc2ccc(OC(F)F)cc2)C1. The van der Waals surface area contributed by atoms with Crippen molar-refractivity contribution in [3.05, 3.63) is 24.3 Å². The van der Waals surface area contributed by atoms with Gasteiger partial charge in [-0.3, -0.25) is 0 Å². The Morgan fingerprint density at radius 3 is 2.29 bits per heavy atom. The highest BCUT2D eigenvalue weighted by Crippen LogP contribution is 2.28. The molecule has 0 radical (unpaired) electrons. The maximum Gasteiger partial charge on any atom is 0.387 e. The number of hydrogen-bond donors (Lipinski definition) is 1. The zero-order valence-corrected chi connectivity index (χ0v) is 9.18. The summed E-state index contributed by atoms with van der Waals surface area (Å²) in [5.41, 5.74) is 0. The van der Waals surface area contributed by atoms with E-state index in [0.29, 0.717) is 18.3 Å². The molecule has 0 spiro atoms. The van der Waals surface area contributed by atoms with Gasteiger partial charge in [0.05, 0.1) is 12.7 Å². The van der Waals surface area contributed by atoms with Gasteiger partial charge < -0.3 is 14.6 Å². The lowest BCUT2D eigenvalue weighted by Crippen LogP contribution is -2.32. The van der Waals surface area contributed by atoms with Crippen molar-refractivity contribution in [2.24, 2.45) is 5.92 Å². The molecule has 2 rings (SSSR count). The highest BCUT2D eigenvalue weighted by Gasteiger charge is 2.27. The molecule has 3 nitrogen and oxygen atoms in total. The van der Waals surface area contributed by atoms with Gasteiger partial charge in [-0.1, -0.05) is 0 Å². The second kappa shape index (κ2) is 5.31. The number of aliphatic hydroxyl groups excluding tert-OH is 1. The minimum Gasteiger partial charge on any atom is -0.493 e. The molecule has 0 heterocycles. The zero-order valence-electron chi connectivity index (χ0n) is 9.18. The lowest BCUT2D eigenvalue weighted by atomic mass is 9.83. The summed E-state index contributed by atoms with van der Waals surface area (Å²) in [5, 5.41) is 9.09. The predicted molar refractivity (Wildman–Crippen MR) is 57.3 cm³/mol. The van der Waals surface area contributed by atoms with Crippen molar-refractivity contribution in [1.29, 1.82) is 0 Å². The van der Waals surface area contributed by atoms with Gasteiger partial charge in [0.15, 0.2) is 0 Å². The Bertz CT molecular complexity index is 347. The van der Waals surface area contributed by atoms with E-state index in [4.69, 9.17) is 9.84 Å². The van der Waals surface area contributed by atoms with Crippen LogP contribution in [0, 0.1) is 5.92 Å². The van der Waals surface area contributed by atoms with E-state index < -0.39 is 6.61 Å². The second-order valence-corrected chi connectivity index (χ2v) is 4.15. The third-order valence-electron chi connectivity index (χ3n) is 2.75. The number of benzene rings is 1. The van der Waals surface area contributed by atoms with Crippen LogP contribution in [0.3, 0.4) is 0 Å². The van der Waals surface area contributed by atoms with Gasteiger partial charge in [-0.15, -0.1) is 0 Å². The van der Waals surface area contributed by atoms with E-state index in [1.54, 1.807) is 12.1 Å². The smallest absolute Gasteiger partial charge is 0.387 e. The number of hydrogen-bond acceptors (Lipinski definition) is 3. The Hall–Kier alpha value is -1.36. The predicted octanol–water partition coefficient (Wildman–Crippen LogP) is 2.44. The molecule has 17 heavy (non-hydrogen) atoms. The fourth-order valence-corrected chi connectivity index (χ4v) is 1.77. The Kier molecular flexibility index (Phi) is 3.78. The average molecular weight is 244 g/mol. The molecular formula is C12H14F2O3. The number of halogens is 2. The Labute approximate surface area is 98.0 Å². The highest BCUT2D eigenvalue weighted by molar-refractivity contribution is 5.31.